The van der Waals surface area contributed by atoms with Crippen LogP contribution in [0.25, 0.3) is 0 Å². The maximum Gasteiger partial charge on any atom is 0.326 e. The number of rotatable bonds is 8. The number of carboxylic acids is 1. The number of pyridine rings is 1. The molecule has 6 N–H and O–H groups in total. The van der Waals surface area contributed by atoms with Crippen LogP contribution in [0.15, 0.2) is 24.5 Å². The largest absolute Gasteiger partial charge is 0.480 e. The summed E-state index contributed by atoms with van der Waals surface area (Å²) >= 11 is 0. The van der Waals surface area contributed by atoms with Gasteiger partial charge in [0, 0.05) is 12.4 Å². The quantitative estimate of drug-likeness (QED) is 0.496. The lowest BCUT2D eigenvalue weighted by atomic mass is 10.1. The van der Waals surface area contributed by atoms with Crippen molar-refractivity contribution in [3.63, 3.8) is 0 Å². The van der Waals surface area contributed by atoms with E-state index in [0.717, 1.165) is 5.56 Å². The van der Waals surface area contributed by atoms with E-state index in [0.29, 0.717) is 19.4 Å². The maximum atomic E-state index is 11.9. The lowest BCUT2D eigenvalue weighted by Gasteiger charge is -2.17. The Labute approximate surface area is 117 Å². The molecule has 0 fully saturated rings. The highest BCUT2D eigenvalue weighted by Gasteiger charge is 2.22. The summed E-state index contributed by atoms with van der Waals surface area (Å²) in [5.41, 5.74) is 11.9. The molecule has 0 spiro atoms. The van der Waals surface area contributed by atoms with Crippen molar-refractivity contribution < 1.29 is 14.7 Å². The monoisotopic (exact) mass is 280 g/mol. The Kier molecular flexibility index (Phi) is 6.61. The fraction of sp³-hybridized carbons (Fsp3) is 0.462. The number of carboxylic acid groups (broad SMARTS) is 1. The van der Waals surface area contributed by atoms with Crippen LogP contribution in [0, 0.1) is 0 Å². The van der Waals surface area contributed by atoms with Crippen molar-refractivity contribution in [3.05, 3.63) is 30.1 Å². The van der Waals surface area contributed by atoms with Crippen molar-refractivity contribution in [1.82, 2.24) is 10.3 Å². The number of nitrogens with zero attached hydrogens (tertiary/aromatic N) is 1. The molecule has 0 saturated heterocycles. The van der Waals surface area contributed by atoms with Crippen LogP contribution in [0.5, 0.6) is 0 Å². The van der Waals surface area contributed by atoms with Crippen LogP contribution in [0.3, 0.4) is 0 Å². The van der Waals surface area contributed by atoms with Crippen LogP contribution in [-0.2, 0) is 16.0 Å². The van der Waals surface area contributed by atoms with E-state index in [1.165, 1.54) is 0 Å². The molecule has 0 aromatic carbocycles. The van der Waals surface area contributed by atoms with E-state index in [2.05, 4.69) is 10.3 Å². The van der Waals surface area contributed by atoms with Gasteiger partial charge < -0.3 is 21.9 Å². The average Bonchev–Trinajstić information content (AvgIpc) is 2.43. The molecule has 0 aliphatic rings. The van der Waals surface area contributed by atoms with Gasteiger partial charge in [0.15, 0.2) is 0 Å². The zero-order valence-corrected chi connectivity index (χ0v) is 11.2. The fourth-order valence-electron chi connectivity index (χ4n) is 1.72. The molecule has 1 heterocycles. The molecule has 0 unspecified atom stereocenters. The highest BCUT2D eigenvalue weighted by Crippen LogP contribution is 2.02. The van der Waals surface area contributed by atoms with Gasteiger partial charge in [0.25, 0.3) is 0 Å². The van der Waals surface area contributed by atoms with Gasteiger partial charge in [0.1, 0.15) is 6.04 Å². The van der Waals surface area contributed by atoms with Gasteiger partial charge in [-0.25, -0.2) is 4.79 Å². The fourth-order valence-corrected chi connectivity index (χ4v) is 1.72. The van der Waals surface area contributed by atoms with Gasteiger partial charge in [-0.15, -0.1) is 0 Å². The number of nitrogens with two attached hydrogens (primary N) is 2. The molecule has 1 aromatic rings. The van der Waals surface area contributed by atoms with Crippen LogP contribution in [0.2, 0.25) is 0 Å². The molecule has 1 aromatic heterocycles. The third-order valence-electron chi connectivity index (χ3n) is 2.83. The number of aromatic nitrogens is 1. The first-order valence-electron chi connectivity index (χ1n) is 6.42. The number of carbonyl (C=O) groups is 2. The summed E-state index contributed by atoms with van der Waals surface area (Å²) in [5.74, 6) is -1.57. The summed E-state index contributed by atoms with van der Waals surface area (Å²) in [5, 5.41) is 11.4. The number of hydrogen-bond acceptors (Lipinski definition) is 5. The zero-order chi connectivity index (χ0) is 15.0. The molecule has 20 heavy (non-hydrogen) atoms. The van der Waals surface area contributed by atoms with E-state index in [4.69, 9.17) is 16.6 Å². The van der Waals surface area contributed by atoms with E-state index in [1.54, 1.807) is 18.5 Å². The standard InChI is InChI=1S/C13H20N4O3/c14-5-1-4-11(13(19)20)17-12(18)10(15)7-9-3-2-6-16-8-9/h2-3,6,8,10-11H,1,4-5,7,14-15H2,(H,17,18)(H,19,20)/t10-,11-/m0/s1. The van der Waals surface area contributed by atoms with Crippen molar-refractivity contribution in [2.75, 3.05) is 6.54 Å². The minimum Gasteiger partial charge on any atom is -0.480 e. The second kappa shape index (κ2) is 8.23. The second-order valence-corrected chi connectivity index (χ2v) is 4.50. The van der Waals surface area contributed by atoms with Gasteiger partial charge in [0.05, 0.1) is 6.04 Å². The molecule has 1 rings (SSSR count). The van der Waals surface area contributed by atoms with Crippen molar-refractivity contribution in [1.29, 1.82) is 0 Å². The van der Waals surface area contributed by atoms with Gasteiger partial charge in [-0.2, -0.15) is 0 Å². The van der Waals surface area contributed by atoms with Crippen molar-refractivity contribution in [3.8, 4) is 0 Å². The minimum atomic E-state index is -1.08. The topological polar surface area (TPSA) is 131 Å². The zero-order valence-electron chi connectivity index (χ0n) is 11.2. The van der Waals surface area contributed by atoms with Gasteiger partial charge in [-0.3, -0.25) is 9.78 Å². The van der Waals surface area contributed by atoms with Crippen molar-refractivity contribution in [2.45, 2.75) is 31.3 Å². The molecular formula is C13H20N4O3. The average molecular weight is 280 g/mol. The summed E-state index contributed by atoms with van der Waals surface area (Å²) in [7, 11) is 0. The molecule has 0 bridgehead atoms. The molecule has 1 amide bonds. The third kappa shape index (κ3) is 5.33. The molecule has 0 aliphatic carbocycles. The summed E-state index contributed by atoms with van der Waals surface area (Å²) in [4.78, 5) is 26.8. The number of nitrogens with one attached hydrogen (secondary N) is 1. The Morgan fingerprint density at radius 2 is 2.20 bits per heavy atom. The normalized spacial score (nSPS) is 13.5. The number of hydrogen-bond donors (Lipinski definition) is 4. The van der Waals surface area contributed by atoms with E-state index >= 15 is 0 Å². The predicted octanol–water partition coefficient (Wildman–Crippen LogP) is -0.740. The highest BCUT2D eigenvalue weighted by molar-refractivity contribution is 5.86. The minimum absolute atomic E-state index is 0.289. The maximum absolute atomic E-state index is 11.9. The van der Waals surface area contributed by atoms with Crippen LogP contribution in [-0.4, -0.2) is 40.6 Å². The molecule has 7 nitrogen and oxygen atoms in total. The first-order chi connectivity index (χ1) is 9.54. The van der Waals surface area contributed by atoms with Crippen molar-refractivity contribution in [2.24, 2.45) is 11.5 Å². The first-order valence-corrected chi connectivity index (χ1v) is 6.42. The van der Waals surface area contributed by atoms with Gasteiger partial charge >= 0.3 is 5.97 Å². The smallest absolute Gasteiger partial charge is 0.326 e. The first kappa shape index (κ1) is 16.1. The van der Waals surface area contributed by atoms with E-state index in [-0.39, 0.29) is 6.42 Å². The predicted molar refractivity (Wildman–Crippen MR) is 73.8 cm³/mol. The van der Waals surface area contributed by atoms with E-state index < -0.39 is 24.0 Å². The van der Waals surface area contributed by atoms with Gasteiger partial charge in [-0.05, 0) is 37.4 Å². The lowest BCUT2D eigenvalue weighted by molar-refractivity contribution is -0.142. The summed E-state index contributed by atoms with van der Waals surface area (Å²) < 4.78 is 0. The number of carbonyl (C=O) groups excluding carboxylic acids is 1. The second-order valence-electron chi connectivity index (χ2n) is 4.50. The third-order valence-corrected chi connectivity index (χ3v) is 2.83. The molecule has 0 radical (unpaired) electrons. The molecule has 110 valence electrons. The lowest BCUT2D eigenvalue weighted by Crippen LogP contribution is -2.49. The van der Waals surface area contributed by atoms with Crippen LogP contribution >= 0.6 is 0 Å². The SMILES string of the molecule is NCCC[C@H](NC(=O)[C@@H](N)Cc1cccnc1)C(=O)O. The summed E-state index contributed by atoms with van der Waals surface area (Å²) in [6.07, 6.45) is 4.37. The molecule has 2 atom stereocenters. The summed E-state index contributed by atoms with van der Waals surface area (Å²) in [6.45, 7) is 0.376. The summed E-state index contributed by atoms with van der Waals surface area (Å²) in [6, 6.07) is 1.80. The Bertz CT molecular complexity index is 439. The van der Waals surface area contributed by atoms with E-state index in [9.17, 15) is 9.59 Å². The number of aliphatic carboxylic acids is 1. The van der Waals surface area contributed by atoms with Crippen LogP contribution in [0.1, 0.15) is 18.4 Å². The van der Waals surface area contributed by atoms with Crippen LogP contribution < -0.4 is 16.8 Å². The molecule has 0 aliphatic heterocycles. The van der Waals surface area contributed by atoms with Crippen LogP contribution in [0.4, 0.5) is 0 Å². The Morgan fingerprint density at radius 1 is 1.45 bits per heavy atom. The van der Waals surface area contributed by atoms with Gasteiger partial charge in [-0.1, -0.05) is 6.07 Å². The highest BCUT2D eigenvalue weighted by atomic mass is 16.4. The molecule has 0 saturated carbocycles. The Hall–Kier alpha value is -1.99. The molecule has 7 heteroatoms. The Morgan fingerprint density at radius 3 is 2.75 bits per heavy atom. The molecular weight excluding hydrogens is 260 g/mol. The Balaban J connectivity index is 2.53. The van der Waals surface area contributed by atoms with Gasteiger partial charge in [0.2, 0.25) is 5.91 Å². The number of amides is 1. The van der Waals surface area contributed by atoms with Crippen molar-refractivity contribution >= 4 is 11.9 Å². The van der Waals surface area contributed by atoms with E-state index in [1.807, 2.05) is 6.07 Å².